The fraction of sp³-hybridized carbons (Fsp3) is 0.571. The van der Waals surface area contributed by atoms with Crippen molar-refractivity contribution in [2.75, 3.05) is 5.32 Å². The number of nitrogens with two attached hydrogens (primary N) is 1. The second kappa shape index (κ2) is 8.03. The second-order valence-electron chi connectivity index (χ2n) is 4.54. The third kappa shape index (κ3) is 5.00. The normalized spacial score (nSPS) is 12.1. The molecule has 0 aliphatic heterocycles. The minimum absolute atomic E-state index is 0.347. The molecular formula is C14H23N3S. The van der Waals surface area contributed by atoms with Gasteiger partial charge < -0.3 is 11.1 Å². The summed E-state index contributed by atoms with van der Waals surface area (Å²) in [7, 11) is 0. The Morgan fingerprint density at radius 2 is 2.11 bits per heavy atom. The van der Waals surface area contributed by atoms with Crippen LogP contribution in [0, 0.1) is 0 Å². The topological polar surface area (TPSA) is 50.9 Å². The van der Waals surface area contributed by atoms with Gasteiger partial charge in [-0.3, -0.25) is 0 Å². The molecule has 4 heteroatoms. The molecule has 0 aliphatic carbocycles. The van der Waals surface area contributed by atoms with Crippen molar-refractivity contribution in [1.29, 1.82) is 0 Å². The molecule has 0 amide bonds. The summed E-state index contributed by atoms with van der Waals surface area (Å²) in [5.41, 5.74) is 6.27. The van der Waals surface area contributed by atoms with Gasteiger partial charge in [0.25, 0.3) is 0 Å². The van der Waals surface area contributed by atoms with Gasteiger partial charge in [0, 0.05) is 6.04 Å². The highest BCUT2D eigenvalue weighted by molar-refractivity contribution is 7.80. The summed E-state index contributed by atoms with van der Waals surface area (Å²) in [6.07, 6.45) is 5.99. The monoisotopic (exact) mass is 265 g/mol. The van der Waals surface area contributed by atoms with E-state index in [0.717, 1.165) is 5.82 Å². The minimum atomic E-state index is 0.347. The van der Waals surface area contributed by atoms with E-state index in [1.54, 1.807) is 0 Å². The number of anilines is 1. The maximum atomic E-state index is 5.59. The van der Waals surface area contributed by atoms with Crippen LogP contribution in [0.15, 0.2) is 18.2 Å². The number of rotatable bonds is 8. The first-order valence-electron chi connectivity index (χ1n) is 6.70. The average Bonchev–Trinajstić information content (AvgIpc) is 2.36. The van der Waals surface area contributed by atoms with Crippen LogP contribution in [0.2, 0.25) is 0 Å². The SMILES string of the molecule is CCCCC(CCC)Nc1cccc(C(N)=S)n1. The van der Waals surface area contributed by atoms with E-state index in [4.69, 9.17) is 18.0 Å². The Morgan fingerprint density at radius 1 is 1.33 bits per heavy atom. The van der Waals surface area contributed by atoms with E-state index in [1.165, 1.54) is 32.1 Å². The lowest BCUT2D eigenvalue weighted by Crippen LogP contribution is -2.21. The number of hydrogen-bond acceptors (Lipinski definition) is 3. The molecule has 1 unspecified atom stereocenters. The first-order chi connectivity index (χ1) is 8.67. The molecule has 0 aromatic carbocycles. The molecule has 1 aromatic heterocycles. The first kappa shape index (κ1) is 14.9. The molecule has 0 spiro atoms. The van der Waals surface area contributed by atoms with Crippen molar-refractivity contribution >= 4 is 23.0 Å². The van der Waals surface area contributed by atoms with Crippen LogP contribution in [0.4, 0.5) is 5.82 Å². The Bertz CT molecular complexity index is 379. The Balaban J connectivity index is 2.67. The van der Waals surface area contributed by atoms with Gasteiger partial charge >= 0.3 is 0 Å². The molecule has 0 aliphatic rings. The second-order valence-corrected chi connectivity index (χ2v) is 4.98. The van der Waals surface area contributed by atoms with Crippen LogP contribution < -0.4 is 11.1 Å². The van der Waals surface area contributed by atoms with Gasteiger partial charge in [-0.25, -0.2) is 4.98 Å². The van der Waals surface area contributed by atoms with Crippen LogP contribution in [0.25, 0.3) is 0 Å². The number of nitrogens with zero attached hydrogens (tertiary/aromatic N) is 1. The molecule has 3 nitrogen and oxygen atoms in total. The van der Waals surface area contributed by atoms with E-state index >= 15 is 0 Å². The van der Waals surface area contributed by atoms with Crippen molar-refractivity contribution in [1.82, 2.24) is 4.98 Å². The van der Waals surface area contributed by atoms with Gasteiger partial charge in [-0.05, 0) is 25.0 Å². The summed E-state index contributed by atoms with van der Waals surface area (Å²) in [4.78, 5) is 4.77. The van der Waals surface area contributed by atoms with Crippen LogP contribution in [-0.4, -0.2) is 16.0 Å². The van der Waals surface area contributed by atoms with E-state index < -0.39 is 0 Å². The molecule has 18 heavy (non-hydrogen) atoms. The van der Waals surface area contributed by atoms with Crippen LogP contribution in [-0.2, 0) is 0 Å². The summed E-state index contributed by atoms with van der Waals surface area (Å²) in [6.45, 7) is 4.42. The molecule has 0 radical (unpaired) electrons. The van der Waals surface area contributed by atoms with Gasteiger partial charge in [-0.1, -0.05) is 51.4 Å². The van der Waals surface area contributed by atoms with Gasteiger partial charge in [0.05, 0.1) is 5.69 Å². The van der Waals surface area contributed by atoms with E-state index in [0.29, 0.717) is 16.7 Å². The molecular weight excluding hydrogens is 242 g/mol. The Kier molecular flexibility index (Phi) is 6.65. The molecule has 100 valence electrons. The van der Waals surface area contributed by atoms with Crippen molar-refractivity contribution in [3.8, 4) is 0 Å². The number of unbranched alkanes of at least 4 members (excludes halogenated alkanes) is 1. The van der Waals surface area contributed by atoms with Crippen LogP contribution >= 0.6 is 12.2 Å². The molecule has 1 aromatic rings. The lowest BCUT2D eigenvalue weighted by Gasteiger charge is -2.18. The highest BCUT2D eigenvalue weighted by Crippen LogP contribution is 2.14. The predicted molar refractivity (Wildman–Crippen MR) is 82.0 cm³/mol. The zero-order valence-electron chi connectivity index (χ0n) is 11.3. The highest BCUT2D eigenvalue weighted by Gasteiger charge is 2.08. The number of nitrogens with one attached hydrogen (secondary N) is 1. The maximum Gasteiger partial charge on any atom is 0.126 e. The number of hydrogen-bond donors (Lipinski definition) is 2. The zero-order chi connectivity index (χ0) is 13.4. The Hall–Kier alpha value is -1.16. The minimum Gasteiger partial charge on any atom is -0.388 e. The molecule has 1 rings (SSSR count). The summed E-state index contributed by atoms with van der Waals surface area (Å²) >= 11 is 4.94. The van der Waals surface area contributed by atoms with E-state index in [2.05, 4.69) is 24.1 Å². The van der Waals surface area contributed by atoms with Crippen LogP contribution in [0.1, 0.15) is 51.6 Å². The molecule has 1 heterocycles. The van der Waals surface area contributed by atoms with Crippen LogP contribution in [0.3, 0.4) is 0 Å². The summed E-state index contributed by atoms with van der Waals surface area (Å²) < 4.78 is 0. The largest absolute Gasteiger partial charge is 0.388 e. The summed E-state index contributed by atoms with van der Waals surface area (Å²) in [6, 6.07) is 6.24. The van der Waals surface area contributed by atoms with Gasteiger partial charge in [-0.2, -0.15) is 0 Å². The lowest BCUT2D eigenvalue weighted by atomic mass is 10.1. The Labute approximate surface area is 115 Å². The smallest absolute Gasteiger partial charge is 0.126 e. The van der Waals surface area contributed by atoms with Crippen molar-refractivity contribution in [2.45, 2.75) is 52.0 Å². The van der Waals surface area contributed by atoms with Gasteiger partial charge in [0.15, 0.2) is 0 Å². The van der Waals surface area contributed by atoms with Gasteiger partial charge in [-0.15, -0.1) is 0 Å². The quantitative estimate of drug-likeness (QED) is 0.706. The van der Waals surface area contributed by atoms with Crippen molar-refractivity contribution < 1.29 is 0 Å². The lowest BCUT2D eigenvalue weighted by molar-refractivity contribution is 0.563. The molecule has 0 bridgehead atoms. The average molecular weight is 265 g/mol. The van der Waals surface area contributed by atoms with Crippen LogP contribution in [0.5, 0.6) is 0 Å². The van der Waals surface area contributed by atoms with Crippen molar-refractivity contribution in [3.05, 3.63) is 23.9 Å². The van der Waals surface area contributed by atoms with E-state index in [9.17, 15) is 0 Å². The maximum absolute atomic E-state index is 5.59. The molecule has 3 N–H and O–H groups in total. The highest BCUT2D eigenvalue weighted by atomic mass is 32.1. The van der Waals surface area contributed by atoms with Gasteiger partial charge in [0.2, 0.25) is 0 Å². The standard InChI is InChI=1S/C14H23N3S/c1-3-5-8-11(7-4-2)16-13-10-6-9-12(17-13)14(15)18/h6,9-11H,3-5,7-8H2,1-2H3,(H2,15,18)(H,16,17). The predicted octanol–water partition coefficient (Wildman–Crippen LogP) is 3.49. The first-order valence-corrected chi connectivity index (χ1v) is 7.11. The van der Waals surface area contributed by atoms with E-state index in [-0.39, 0.29) is 0 Å². The fourth-order valence-corrected chi connectivity index (χ4v) is 2.06. The molecule has 0 saturated heterocycles. The third-order valence-corrected chi connectivity index (χ3v) is 3.11. The van der Waals surface area contributed by atoms with E-state index in [1.807, 2.05) is 18.2 Å². The molecule has 1 atom stereocenters. The number of pyridine rings is 1. The number of thiocarbonyl (C=S) groups is 1. The van der Waals surface area contributed by atoms with Gasteiger partial charge in [0.1, 0.15) is 10.8 Å². The molecule has 0 fully saturated rings. The summed E-state index contributed by atoms with van der Waals surface area (Å²) in [5.74, 6) is 0.870. The van der Waals surface area contributed by atoms with Crippen molar-refractivity contribution in [3.63, 3.8) is 0 Å². The zero-order valence-corrected chi connectivity index (χ0v) is 12.1. The third-order valence-electron chi connectivity index (χ3n) is 2.90. The molecule has 0 saturated carbocycles. The van der Waals surface area contributed by atoms with Crippen molar-refractivity contribution in [2.24, 2.45) is 5.73 Å². The number of aromatic nitrogens is 1. The summed E-state index contributed by atoms with van der Waals surface area (Å²) in [5, 5.41) is 3.48. The fourth-order valence-electron chi connectivity index (χ4n) is 1.95. The Morgan fingerprint density at radius 3 is 2.72 bits per heavy atom.